The van der Waals surface area contributed by atoms with Crippen LogP contribution < -0.4 is 15.8 Å². The predicted octanol–water partition coefficient (Wildman–Crippen LogP) is 2.37. The number of benzene rings is 1. The maximum Gasteiger partial charge on any atom is 0.238 e. The van der Waals surface area contributed by atoms with Crippen molar-refractivity contribution in [3.63, 3.8) is 0 Å². The van der Waals surface area contributed by atoms with Gasteiger partial charge in [-0.3, -0.25) is 0 Å². The minimum Gasteiger partial charge on any atom is -0.394 e. The van der Waals surface area contributed by atoms with Gasteiger partial charge in [0.25, 0.3) is 0 Å². The van der Waals surface area contributed by atoms with E-state index in [1.165, 1.54) is 6.07 Å². The summed E-state index contributed by atoms with van der Waals surface area (Å²) in [6.07, 6.45) is 1.57. The molecule has 0 aliphatic rings. The van der Waals surface area contributed by atoms with Crippen molar-refractivity contribution < 1.29 is 13.5 Å². The second-order valence-electron chi connectivity index (χ2n) is 6.22. The summed E-state index contributed by atoms with van der Waals surface area (Å²) in [6, 6.07) is 4.64. The molecular formula is C16H22BrN5O3S. The van der Waals surface area contributed by atoms with Gasteiger partial charge in [-0.1, -0.05) is 19.9 Å². The molecule has 0 saturated heterocycles. The molecule has 26 heavy (non-hydrogen) atoms. The number of nitrogens with zero attached hydrogens (tertiary/aromatic N) is 2. The number of anilines is 3. The van der Waals surface area contributed by atoms with Crippen LogP contribution in [0.4, 0.5) is 17.5 Å². The number of aromatic nitrogens is 2. The third kappa shape index (κ3) is 5.13. The molecule has 0 bridgehead atoms. The standard InChI is InChI=1S/C16H22BrN5O3S/c1-9(2)13(8-23)21-15-12(17)7-19-16(22-15)20-11-5-4-10(3)14(6-11)26(18,24)25/h4-7,9,13,23H,8H2,1-3H3,(H2,18,24,25)(H2,19,20,21,22)/t13-/m0/s1. The Morgan fingerprint density at radius 2 is 2.04 bits per heavy atom. The fraction of sp³-hybridized carbons (Fsp3) is 0.375. The number of halogens is 1. The summed E-state index contributed by atoms with van der Waals surface area (Å²) in [5, 5.41) is 20.8. The van der Waals surface area contributed by atoms with E-state index in [0.29, 0.717) is 21.5 Å². The van der Waals surface area contributed by atoms with E-state index >= 15 is 0 Å². The van der Waals surface area contributed by atoms with Gasteiger partial charge < -0.3 is 15.7 Å². The Hall–Kier alpha value is -1.75. The summed E-state index contributed by atoms with van der Waals surface area (Å²) >= 11 is 3.38. The quantitative estimate of drug-likeness (QED) is 0.516. The van der Waals surface area contributed by atoms with E-state index in [-0.39, 0.29) is 29.4 Å². The lowest BCUT2D eigenvalue weighted by Crippen LogP contribution is -2.30. The van der Waals surface area contributed by atoms with Crippen molar-refractivity contribution in [1.29, 1.82) is 0 Å². The highest BCUT2D eigenvalue weighted by Crippen LogP contribution is 2.25. The maximum atomic E-state index is 11.7. The smallest absolute Gasteiger partial charge is 0.238 e. The minimum absolute atomic E-state index is 0.0352. The molecule has 2 rings (SSSR count). The minimum atomic E-state index is -3.82. The number of nitrogens with two attached hydrogens (primary N) is 1. The topological polar surface area (TPSA) is 130 Å². The van der Waals surface area contributed by atoms with Crippen LogP contribution in [0.25, 0.3) is 0 Å². The zero-order valence-electron chi connectivity index (χ0n) is 14.7. The van der Waals surface area contributed by atoms with E-state index in [2.05, 4.69) is 36.5 Å². The molecule has 1 aromatic heterocycles. The highest BCUT2D eigenvalue weighted by atomic mass is 79.9. The summed E-state index contributed by atoms with van der Waals surface area (Å²) in [7, 11) is -3.82. The molecular weight excluding hydrogens is 422 g/mol. The van der Waals surface area contributed by atoms with Crippen molar-refractivity contribution in [3.8, 4) is 0 Å². The Labute approximate surface area is 161 Å². The summed E-state index contributed by atoms with van der Waals surface area (Å²) < 4.78 is 24.0. The first-order valence-corrected chi connectivity index (χ1v) is 10.3. The molecule has 0 radical (unpaired) electrons. The summed E-state index contributed by atoms with van der Waals surface area (Å²) in [5.41, 5.74) is 1.05. The Balaban J connectivity index is 2.30. The van der Waals surface area contributed by atoms with Gasteiger partial charge in [-0.05, 0) is 46.5 Å². The highest BCUT2D eigenvalue weighted by Gasteiger charge is 2.16. The molecule has 10 heteroatoms. The van der Waals surface area contributed by atoms with Crippen LogP contribution >= 0.6 is 15.9 Å². The average Bonchev–Trinajstić information content (AvgIpc) is 2.55. The number of aryl methyl sites for hydroxylation is 1. The normalized spacial score (nSPS) is 12.9. The first-order chi connectivity index (χ1) is 12.1. The van der Waals surface area contributed by atoms with Crippen LogP contribution in [0.1, 0.15) is 19.4 Å². The Morgan fingerprint density at radius 1 is 1.35 bits per heavy atom. The van der Waals surface area contributed by atoms with Crippen LogP contribution in [0.3, 0.4) is 0 Å². The van der Waals surface area contributed by atoms with Gasteiger partial charge in [0.15, 0.2) is 0 Å². The van der Waals surface area contributed by atoms with Crippen molar-refractivity contribution in [3.05, 3.63) is 34.4 Å². The fourth-order valence-corrected chi connectivity index (χ4v) is 3.35. The maximum absolute atomic E-state index is 11.7. The van der Waals surface area contributed by atoms with Crippen LogP contribution in [-0.4, -0.2) is 36.1 Å². The number of primary sulfonamides is 1. The van der Waals surface area contributed by atoms with Crippen molar-refractivity contribution in [2.75, 3.05) is 17.2 Å². The van der Waals surface area contributed by atoms with Gasteiger partial charge in [-0.25, -0.2) is 18.5 Å². The highest BCUT2D eigenvalue weighted by molar-refractivity contribution is 9.10. The lowest BCUT2D eigenvalue weighted by molar-refractivity contribution is 0.249. The van der Waals surface area contributed by atoms with Crippen LogP contribution in [0.5, 0.6) is 0 Å². The van der Waals surface area contributed by atoms with Gasteiger partial charge >= 0.3 is 0 Å². The lowest BCUT2D eigenvalue weighted by Gasteiger charge is -2.21. The predicted molar refractivity (Wildman–Crippen MR) is 105 cm³/mol. The van der Waals surface area contributed by atoms with Gasteiger partial charge in [0.05, 0.1) is 22.0 Å². The number of nitrogens with one attached hydrogen (secondary N) is 2. The number of aliphatic hydroxyl groups excluding tert-OH is 1. The molecule has 0 aliphatic carbocycles. The van der Waals surface area contributed by atoms with Crippen LogP contribution in [-0.2, 0) is 10.0 Å². The van der Waals surface area contributed by atoms with Crippen LogP contribution in [0.2, 0.25) is 0 Å². The average molecular weight is 444 g/mol. The van der Waals surface area contributed by atoms with E-state index in [9.17, 15) is 13.5 Å². The van der Waals surface area contributed by atoms with E-state index in [0.717, 1.165) is 0 Å². The second-order valence-corrected chi connectivity index (χ2v) is 8.60. The molecule has 5 N–H and O–H groups in total. The molecule has 1 aromatic carbocycles. The number of rotatable bonds is 7. The first kappa shape index (κ1) is 20.6. The van der Waals surface area contributed by atoms with Gasteiger partial charge in [-0.2, -0.15) is 4.98 Å². The lowest BCUT2D eigenvalue weighted by atomic mass is 10.1. The summed E-state index contributed by atoms with van der Waals surface area (Å²) in [6.45, 7) is 5.61. The zero-order valence-corrected chi connectivity index (χ0v) is 17.1. The van der Waals surface area contributed by atoms with E-state index < -0.39 is 10.0 Å². The van der Waals surface area contributed by atoms with Gasteiger partial charge in [0, 0.05) is 11.9 Å². The van der Waals surface area contributed by atoms with Crippen molar-refractivity contribution in [2.24, 2.45) is 11.1 Å². The van der Waals surface area contributed by atoms with Gasteiger partial charge in [0.2, 0.25) is 16.0 Å². The molecule has 8 nitrogen and oxygen atoms in total. The van der Waals surface area contributed by atoms with E-state index in [1.807, 2.05) is 13.8 Å². The first-order valence-electron chi connectivity index (χ1n) is 7.92. The molecule has 2 aromatic rings. The number of aliphatic hydroxyl groups is 1. The van der Waals surface area contributed by atoms with Crippen LogP contribution in [0.15, 0.2) is 33.8 Å². The molecule has 1 heterocycles. The van der Waals surface area contributed by atoms with E-state index in [4.69, 9.17) is 5.14 Å². The van der Waals surface area contributed by atoms with Crippen molar-refractivity contribution >= 4 is 43.4 Å². The molecule has 0 spiro atoms. The number of hydrogen-bond donors (Lipinski definition) is 4. The number of sulfonamides is 1. The second kappa shape index (κ2) is 8.30. The van der Waals surface area contributed by atoms with Crippen molar-refractivity contribution in [1.82, 2.24) is 9.97 Å². The SMILES string of the molecule is Cc1ccc(Nc2ncc(Br)c(N[C@@H](CO)C(C)C)n2)cc1S(N)(=O)=O. The molecule has 0 saturated carbocycles. The Morgan fingerprint density at radius 3 is 2.62 bits per heavy atom. The Kier molecular flexibility index (Phi) is 6.56. The summed E-state index contributed by atoms with van der Waals surface area (Å²) in [5.74, 6) is 1.00. The van der Waals surface area contributed by atoms with Crippen LogP contribution in [0, 0.1) is 12.8 Å². The zero-order chi connectivity index (χ0) is 19.5. The third-order valence-electron chi connectivity index (χ3n) is 3.82. The fourth-order valence-electron chi connectivity index (χ4n) is 2.24. The number of hydrogen-bond acceptors (Lipinski definition) is 7. The van der Waals surface area contributed by atoms with Gasteiger partial charge in [-0.15, -0.1) is 0 Å². The molecule has 1 atom stereocenters. The summed E-state index contributed by atoms with van der Waals surface area (Å²) in [4.78, 5) is 8.59. The Bertz CT molecular complexity index is 889. The molecule has 142 valence electrons. The molecule has 0 unspecified atom stereocenters. The molecule has 0 fully saturated rings. The van der Waals surface area contributed by atoms with Gasteiger partial charge in [0.1, 0.15) is 5.82 Å². The van der Waals surface area contributed by atoms with E-state index in [1.54, 1.807) is 25.3 Å². The molecule has 0 amide bonds. The largest absolute Gasteiger partial charge is 0.394 e. The third-order valence-corrected chi connectivity index (χ3v) is 5.45. The van der Waals surface area contributed by atoms with Crippen molar-refractivity contribution in [2.45, 2.75) is 31.7 Å². The molecule has 0 aliphatic heterocycles. The monoisotopic (exact) mass is 443 g/mol.